The number of rotatable bonds is 3. The number of carbonyl (C=O) groups is 2. The summed E-state index contributed by atoms with van der Waals surface area (Å²) >= 11 is 0. The van der Waals surface area contributed by atoms with Crippen molar-refractivity contribution < 1.29 is 9.59 Å². The molecule has 0 spiro atoms. The lowest BCUT2D eigenvalue weighted by Crippen LogP contribution is -2.59. The summed E-state index contributed by atoms with van der Waals surface area (Å²) in [6.07, 6.45) is 8.02. The maximum atomic E-state index is 12.7. The van der Waals surface area contributed by atoms with Crippen molar-refractivity contribution in [2.45, 2.75) is 38.8 Å². The third-order valence-corrected chi connectivity index (χ3v) is 4.19. The van der Waals surface area contributed by atoms with E-state index in [9.17, 15) is 9.59 Å². The fourth-order valence-electron chi connectivity index (χ4n) is 3.01. The fraction of sp³-hybridized carbons (Fsp3) is 0.600. The summed E-state index contributed by atoms with van der Waals surface area (Å²) in [5.41, 5.74) is 0.878. The van der Waals surface area contributed by atoms with Gasteiger partial charge in [-0.05, 0) is 24.8 Å². The first-order valence-electron chi connectivity index (χ1n) is 7.35. The summed E-state index contributed by atoms with van der Waals surface area (Å²) in [5, 5.41) is 3.12. The smallest absolute Gasteiger partial charge is 0.312 e. The summed E-state index contributed by atoms with van der Waals surface area (Å²) in [6.45, 7) is 5.42. The molecule has 3 amide bonds. The summed E-state index contributed by atoms with van der Waals surface area (Å²) in [5.74, 6) is 0.0667. The highest BCUT2D eigenvalue weighted by Gasteiger charge is 2.51. The monoisotopic (exact) mass is 275 g/mol. The van der Waals surface area contributed by atoms with Gasteiger partial charge in [0.1, 0.15) is 6.04 Å². The minimum absolute atomic E-state index is 0.0226. The van der Waals surface area contributed by atoms with Gasteiger partial charge in [0.05, 0.1) is 6.04 Å². The molecule has 5 nitrogen and oxygen atoms in total. The zero-order valence-corrected chi connectivity index (χ0v) is 12.0. The van der Waals surface area contributed by atoms with Crippen molar-refractivity contribution in [3.8, 4) is 0 Å². The zero-order valence-electron chi connectivity index (χ0n) is 12.0. The van der Waals surface area contributed by atoms with E-state index in [1.54, 1.807) is 4.90 Å². The van der Waals surface area contributed by atoms with Gasteiger partial charge in [-0.1, -0.05) is 26.0 Å². The molecule has 108 valence electrons. The molecule has 0 saturated carbocycles. The Morgan fingerprint density at radius 1 is 1.20 bits per heavy atom. The lowest BCUT2D eigenvalue weighted by Gasteiger charge is -2.33. The van der Waals surface area contributed by atoms with E-state index in [0.29, 0.717) is 13.1 Å². The SMILES string of the molecule is CC(C)C1C(=O)N(C2CNC2)C(=O)N1C1=CCCC=C1. The molecule has 1 unspecified atom stereocenters. The summed E-state index contributed by atoms with van der Waals surface area (Å²) < 4.78 is 0. The quantitative estimate of drug-likeness (QED) is 0.794. The highest BCUT2D eigenvalue weighted by Crippen LogP contribution is 2.31. The maximum Gasteiger partial charge on any atom is 0.332 e. The average molecular weight is 275 g/mol. The van der Waals surface area contributed by atoms with E-state index in [4.69, 9.17) is 0 Å². The van der Waals surface area contributed by atoms with Gasteiger partial charge in [-0.25, -0.2) is 4.79 Å². The Hall–Kier alpha value is -1.62. The predicted octanol–water partition coefficient (Wildman–Crippen LogP) is 1.48. The minimum Gasteiger partial charge on any atom is -0.312 e. The van der Waals surface area contributed by atoms with Crippen LogP contribution in [0, 0.1) is 5.92 Å². The largest absolute Gasteiger partial charge is 0.332 e. The van der Waals surface area contributed by atoms with Crippen LogP contribution >= 0.6 is 0 Å². The second-order valence-electron chi connectivity index (χ2n) is 5.97. The number of carbonyl (C=O) groups excluding carboxylic acids is 2. The van der Waals surface area contributed by atoms with Gasteiger partial charge in [0.25, 0.3) is 5.91 Å². The second-order valence-corrected chi connectivity index (χ2v) is 5.97. The first-order valence-corrected chi connectivity index (χ1v) is 7.35. The first-order chi connectivity index (χ1) is 9.61. The Morgan fingerprint density at radius 2 is 1.95 bits per heavy atom. The highest BCUT2D eigenvalue weighted by atomic mass is 16.2. The van der Waals surface area contributed by atoms with Crippen LogP contribution in [0.2, 0.25) is 0 Å². The predicted molar refractivity (Wildman–Crippen MR) is 75.8 cm³/mol. The van der Waals surface area contributed by atoms with Crippen molar-refractivity contribution in [1.29, 1.82) is 0 Å². The van der Waals surface area contributed by atoms with Crippen molar-refractivity contribution >= 4 is 11.9 Å². The van der Waals surface area contributed by atoms with Crippen LogP contribution in [0.5, 0.6) is 0 Å². The molecule has 1 N–H and O–H groups in total. The van der Waals surface area contributed by atoms with Crippen LogP contribution in [0.25, 0.3) is 0 Å². The maximum absolute atomic E-state index is 12.7. The summed E-state index contributed by atoms with van der Waals surface area (Å²) in [4.78, 5) is 28.5. The molecule has 0 bridgehead atoms. The number of hydrogen-bond acceptors (Lipinski definition) is 3. The van der Waals surface area contributed by atoms with E-state index in [1.807, 2.05) is 19.9 Å². The van der Waals surface area contributed by atoms with E-state index in [0.717, 1.165) is 18.5 Å². The molecule has 2 heterocycles. The van der Waals surface area contributed by atoms with Gasteiger partial charge in [0.15, 0.2) is 0 Å². The zero-order chi connectivity index (χ0) is 14.3. The number of hydrogen-bond donors (Lipinski definition) is 1. The molecule has 2 aliphatic heterocycles. The molecule has 0 aromatic carbocycles. The van der Waals surface area contributed by atoms with Crippen LogP contribution in [0.1, 0.15) is 26.7 Å². The molecule has 20 heavy (non-hydrogen) atoms. The van der Waals surface area contributed by atoms with Crippen molar-refractivity contribution in [1.82, 2.24) is 15.1 Å². The van der Waals surface area contributed by atoms with Crippen molar-refractivity contribution in [2.75, 3.05) is 13.1 Å². The van der Waals surface area contributed by atoms with Crippen LogP contribution in [0.3, 0.4) is 0 Å². The molecular weight excluding hydrogens is 254 g/mol. The first kappa shape index (κ1) is 13.4. The molecule has 0 aromatic heterocycles. The molecule has 3 aliphatic rings. The van der Waals surface area contributed by atoms with Gasteiger partial charge in [0.2, 0.25) is 0 Å². The Bertz CT molecular complexity index is 491. The Labute approximate surface area is 119 Å². The molecule has 1 aliphatic carbocycles. The molecule has 5 heteroatoms. The topological polar surface area (TPSA) is 52.7 Å². The van der Waals surface area contributed by atoms with E-state index < -0.39 is 0 Å². The van der Waals surface area contributed by atoms with Crippen LogP contribution in [0.4, 0.5) is 4.79 Å². The van der Waals surface area contributed by atoms with Crippen molar-refractivity contribution in [3.63, 3.8) is 0 Å². The average Bonchev–Trinajstić information content (AvgIpc) is 2.63. The van der Waals surface area contributed by atoms with Gasteiger partial charge < -0.3 is 5.32 Å². The molecule has 3 rings (SSSR count). The molecule has 0 radical (unpaired) electrons. The third-order valence-electron chi connectivity index (χ3n) is 4.19. The Balaban J connectivity index is 1.93. The van der Waals surface area contributed by atoms with E-state index in [1.165, 1.54) is 4.90 Å². The standard InChI is InChI=1S/C15H21N3O2/c1-10(2)13-14(19)18(12-8-16-9-12)15(20)17(13)11-6-4-3-5-7-11/h4,6-7,10,12-13,16H,3,5,8-9H2,1-2H3. The van der Waals surface area contributed by atoms with Crippen LogP contribution in [-0.2, 0) is 4.79 Å². The number of allylic oxidation sites excluding steroid dienone is 3. The van der Waals surface area contributed by atoms with Crippen LogP contribution in [0.15, 0.2) is 23.9 Å². The molecule has 2 fully saturated rings. The van der Waals surface area contributed by atoms with Crippen LogP contribution in [-0.4, -0.2) is 46.9 Å². The van der Waals surface area contributed by atoms with Gasteiger partial charge in [0, 0.05) is 18.8 Å². The summed E-state index contributed by atoms with van der Waals surface area (Å²) in [7, 11) is 0. The lowest BCUT2D eigenvalue weighted by atomic mass is 10.0. The van der Waals surface area contributed by atoms with Gasteiger partial charge >= 0.3 is 6.03 Å². The van der Waals surface area contributed by atoms with E-state index >= 15 is 0 Å². The number of urea groups is 1. The van der Waals surface area contributed by atoms with Crippen molar-refractivity contribution in [2.24, 2.45) is 5.92 Å². The van der Waals surface area contributed by atoms with Crippen molar-refractivity contribution in [3.05, 3.63) is 23.9 Å². The normalized spacial score (nSPS) is 27.4. The third kappa shape index (κ3) is 1.97. The summed E-state index contributed by atoms with van der Waals surface area (Å²) in [6, 6.07) is -0.496. The van der Waals surface area contributed by atoms with Gasteiger partial charge in [-0.2, -0.15) is 0 Å². The van der Waals surface area contributed by atoms with Gasteiger partial charge in [-0.15, -0.1) is 0 Å². The van der Waals surface area contributed by atoms with E-state index in [-0.39, 0.29) is 29.9 Å². The molecule has 0 aromatic rings. The van der Waals surface area contributed by atoms with Gasteiger partial charge in [-0.3, -0.25) is 14.6 Å². The lowest BCUT2D eigenvalue weighted by molar-refractivity contribution is -0.131. The Morgan fingerprint density at radius 3 is 2.45 bits per heavy atom. The van der Waals surface area contributed by atoms with Crippen LogP contribution < -0.4 is 5.32 Å². The fourth-order valence-corrected chi connectivity index (χ4v) is 3.01. The molecule has 1 atom stereocenters. The highest BCUT2D eigenvalue weighted by molar-refractivity contribution is 6.05. The number of imide groups is 1. The molecule has 2 saturated heterocycles. The minimum atomic E-state index is -0.364. The Kier molecular flexibility index (Phi) is 3.38. The number of amides is 3. The number of nitrogens with zero attached hydrogens (tertiary/aromatic N) is 2. The molecular formula is C15H21N3O2. The number of nitrogens with one attached hydrogen (secondary N) is 1. The second kappa shape index (κ2) is 5.05. The van der Waals surface area contributed by atoms with E-state index in [2.05, 4.69) is 17.5 Å².